The second-order valence-corrected chi connectivity index (χ2v) is 8.21. The van der Waals surface area contributed by atoms with Crippen molar-refractivity contribution in [3.63, 3.8) is 0 Å². The van der Waals surface area contributed by atoms with Crippen LogP contribution in [-0.4, -0.2) is 70.6 Å². The van der Waals surface area contributed by atoms with Crippen LogP contribution in [0, 0.1) is 0 Å². The minimum absolute atomic E-state index is 0.136. The van der Waals surface area contributed by atoms with Gasteiger partial charge < -0.3 is 21.6 Å². The number of oxime groups is 1. The fraction of sp³-hybridized carbons (Fsp3) is 0.455. The number of β-lactam (4-membered cyclic amide) rings is 1. The number of thiazole rings is 1. The van der Waals surface area contributed by atoms with Crippen molar-refractivity contribution in [2.24, 2.45) is 10.9 Å². The van der Waals surface area contributed by atoms with Crippen LogP contribution in [0.25, 0.3) is 0 Å². The summed E-state index contributed by atoms with van der Waals surface area (Å²) in [5.41, 5.74) is 10.8. The Hall–Kier alpha value is -1.94. The summed E-state index contributed by atoms with van der Waals surface area (Å²) >= 11 is 2.07. The number of carbonyl (C=O) groups is 2. The van der Waals surface area contributed by atoms with Gasteiger partial charge in [-0.05, 0) is 0 Å². The summed E-state index contributed by atoms with van der Waals surface area (Å²) in [4.78, 5) is 33.0. The molecule has 1 aliphatic heterocycles. The molecule has 1 aliphatic rings. The third-order valence-electron chi connectivity index (χ3n) is 3.10. The van der Waals surface area contributed by atoms with Crippen LogP contribution in [0.5, 0.6) is 0 Å². The minimum atomic E-state index is -4.75. The van der Waals surface area contributed by atoms with E-state index in [2.05, 4.69) is 20.3 Å². The zero-order valence-electron chi connectivity index (χ0n) is 13.4. The van der Waals surface area contributed by atoms with Crippen LogP contribution in [0.15, 0.2) is 10.5 Å². The van der Waals surface area contributed by atoms with Gasteiger partial charge in [0.15, 0.2) is 10.8 Å². The average Bonchev–Trinajstić information content (AvgIpc) is 2.98. The molecular weight excluding hydrogens is 408 g/mol. The van der Waals surface area contributed by atoms with E-state index in [0.29, 0.717) is 5.75 Å². The van der Waals surface area contributed by atoms with Crippen molar-refractivity contribution in [2.45, 2.75) is 11.4 Å². The molecule has 2 rings (SSSR count). The number of anilines is 1. The van der Waals surface area contributed by atoms with Crippen molar-refractivity contribution in [3.05, 3.63) is 11.1 Å². The molecule has 0 aliphatic carbocycles. The van der Waals surface area contributed by atoms with Gasteiger partial charge in [0.05, 0.1) is 0 Å². The molecule has 2 unspecified atom stereocenters. The number of hydrogen-bond acceptors (Lipinski definition) is 11. The van der Waals surface area contributed by atoms with Crippen LogP contribution >= 0.6 is 23.1 Å². The van der Waals surface area contributed by atoms with E-state index < -0.39 is 33.5 Å². The predicted octanol–water partition coefficient (Wildman–Crippen LogP) is -1.78. The van der Waals surface area contributed by atoms with Crippen LogP contribution in [0.3, 0.4) is 0 Å². The molecular formula is C11H16N6O6S3. The second kappa shape index (κ2) is 8.17. The van der Waals surface area contributed by atoms with Gasteiger partial charge in [0.1, 0.15) is 24.2 Å². The predicted molar refractivity (Wildman–Crippen MR) is 95.7 cm³/mol. The summed E-state index contributed by atoms with van der Waals surface area (Å²) in [5.74, 6) is -1.49. The normalized spacial score (nSPS) is 20.7. The molecule has 0 radical (unpaired) electrons. The number of thioether (sulfide) groups is 1. The van der Waals surface area contributed by atoms with Crippen molar-refractivity contribution in [1.82, 2.24) is 14.6 Å². The van der Waals surface area contributed by atoms with Crippen molar-refractivity contribution in [2.75, 3.05) is 25.1 Å². The molecule has 1 aromatic rings. The molecule has 144 valence electrons. The lowest BCUT2D eigenvalue weighted by Crippen LogP contribution is -2.71. The number of nitrogens with one attached hydrogen (secondary N) is 1. The quantitative estimate of drug-likeness (QED) is 0.161. The van der Waals surface area contributed by atoms with E-state index in [4.69, 9.17) is 16.0 Å². The monoisotopic (exact) mass is 424 g/mol. The van der Waals surface area contributed by atoms with Gasteiger partial charge in [0, 0.05) is 17.7 Å². The van der Waals surface area contributed by atoms with E-state index >= 15 is 0 Å². The molecule has 15 heteroatoms. The van der Waals surface area contributed by atoms with Crippen LogP contribution in [0.1, 0.15) is 5.69 Å². The third-order valence-corrected chi connectivity index (χ3v) is 6.11. The van der Waals surface area contributed by atoms with Crippen molar-refractivity contribution in [3.8, 4) is 0 Å². The van der Waals surface area contributed by atoms with E-state index in [1.165, 1.54) is 12.5 Å². The van der Waals surface area contributed by atoms with Gasteiger partial charge in [-0.15, -0.1) is 23.1 Å². The number of nitrogens with zero attached hydrogens (tertiary/aromatic N) is 3. The van der Waals surface area contributed by atoms with Crippen LogP contribution in [0.4, 0.5) is 5.13 Å². The molecule has 6 N–H and O–H groups in total. The molecule has 2 atom stereocenters. The Morgan fingerprint density at radius 1 is 1.62 bits per heavy atom. The lowest BCUT2D eigenvalue weighted by molar-refractivity contribution is -0.140. The third kappa shape index (κ3) is 4.24. The molecule has 26 heavy (non-hydrogen) atoms. The first-order valence-electron chi connectivity index (χ1n) is 6.96. The van der Waals surface area contributed by atoms with Gasteiger partial charge in [-0.3, -0.25) is 14.1 Å². The van der Waals surface area contributed by atoms with Crippen molar-refractivity contribution < 1.29 is 27.4 Å². The largest absolute Gasteiger partial charge is 0.398 e. The van der Waals surface area contributed by atoms with E-state index in [9.17, 15) is 18.0 Å². The zero-order chi connectivity index (χ0) is 19.5. The highest BCUT2D eigenvalue weighted by molar-refractivity contribution is 8.00. The summed E-state index contributed by atoms with van der Waals surface area (Å²) in [5, 5.41) is 6.58. The van der Waals surface area contributed by atoms with Gasteiger partial charge in [0.2, 0.25) is 0 Å². The number of carbonyl (C=O) groups excluding carboxylic acids is 2. The maximum Gasteiger partial charge on any atom is 0.363 e. The number of nitrogens with two attached hydrogens (primary N) is 2. The number of hydrogen-bond donors (Lipinski definition) is 4. The van der Waals surface area contributed by atoms with Crippen LogP contribution in [-0.2, 0) is 24.7 Å². The van der Waals surface area contributed by atoms with E-state index in [-0.39, 0.29) is 27.4 Å². The number of aromatic nitrogens is 1. The van der Waals surface area contributed by atoms with E-state index in [1.807, 2.05) is 0 Å². The first-order valence-corrected chi connectivity index (χ1v) is 10.3. The maximum atomic E-state index is 12.5. The summed E-state index contributed by atoms with van der Waals surface area (Å²) < 4.78 is 32.1. The zero-order valence-corrected chi connectivity index (χ0v) is 15.8. The Morgan fingerprint density at radius 2 is 2.31 bits per heavy atom. The molecule has 0 aromatic carbocycles. The highest BCUT2D eigenvalue weighted by Crippen LogP contribution is 2.32. The Kier molecular flexibility index (Phi) is 6.40. The summed E-state index contributed by atoms with van der Waals surface area (Å²) in [7, 11) is -3.53. The molecule has 0 saturated carbocycles. The summed E-state index contributed by atoms with van der Waals surface area (Å²) in [6.45, 7) is 0.212. The fourth-order valence-corrected chi connectivity index (χ4v) is 4.85. The van der Waals surface area contributed by atoms with Gasteiger partial charge >= 0.3 is 10.3 Å². The maximum absolute atomic E-state index is 12.5. The Bertz CT molecular complexity index is 824. The molecule has 2 amide bonds. The Morgan fingerprint density at radius 3 is 2.81 bits per heavy atom. The van der Waals surface area contributed by atoms with E-state index in [1.54, 1.807) is 0 Å². The Labute approximate surface area is 156 Å². The fourth-order valence-electron chi connectivity index (χ4n) is 2.07. The topological polar surface area (TPSA) is 190 Å². The number of rotatable bonds is 8. The molecule has 0 bridgehead atoms. The van der Waals surface area contributed by atoms with E-state index in [0.717, 1.165) is 23.1 Å². The lowest BCUT2D eigenvalue weighted by Gasteiger charge is -2.43. The summed E-state index contributed by atoms with van der Waals surface area (Å²) in [6.07, 6.45) is 0. The highest BCUT2D eigenvalue weighted by atomic mass is 32.2. The molecule has 0 spiro atoms. The SMILES string of the molecule is CON=C(C(=O)NC1C(=O)N(S(=O)(=O)O)C1SCCN)c1csc(N)n1. The molecule has 1 aromatic heterocycles. The van der Waals surface area contributed by atoms with Gasteiger partial charge in [-0.2, -0.15) is 12.7 Å². The molecule has 1 saturated heterocycles. The van der Waals surface area contributed by atoms with Crippen molar-refractivity contribution >= 4 is 56.1 Å². The first kappa shape index (κ1) is 20.4. The van der Waals surface area contributed by atoms with Crippen molar-refractivity contribution in [1.29, 1.82) is 0 Å². The first-order chi connectivity index (χ1) is 12.2. The standard InChI is InChI=1S/C11H16N6O6S3/c1-23-16-6(5-4-25-11(13)14-5)8(18)15-7-9(19)17(26(20,21)22)10(7)24-3-2-12/h4,7,10H,2-3,12H2,1H3,(H2,13,14)(H,15,18)(H,20,21,22). The second-order valence-electron chi connectivity index (χ2n) is 4.81. The summed E-state index contributed by atoms with van der Waals surface area (Å²) in [6, 6.07) is -1.20. The highest BCUT2D eigenvalue weighted by Gasteiger charge is 2.54. The van der Waals surface area contributed by atoms with Gasteiger partial charge in [-0.1, -0.05) is 5.16 Å². The van der Waals surface area contributed by atoms with Crippen LogP contribution in [0.2, 0.25) is 0 Å². The van der Waals surface area contributed by atoms with Gasteiger partial charge in [-0.25, -0.2) is 4.98 Å². The number of amides is 2. The molecule has 12 nitrogen and oxygen atoms in total. The van der Waals surface area contributed by atoms with Crippen LogP contribution < -0.4 is 16.8 Å². The average molecular weight is 424 g/mol. The number of nitrogen functional groups attached to an aromatic ring is 1. The Balaban J connectivity index is 2.20. The van der Waals surface area contributed by atoms with Gasteiger partial charge in [0.25, 0.3) is 11.8 Å². The smallest absolute Gasteiger partial charge is 0.363 e. The lowest BCUT2D eigenvalue weighted by atomic mass is 10.1. The molecule has 2 heterocycles. The molecule has 1 fully saturated rings. The minimum Gasteiger partial charge on any atom is -0.398 e.